The van der Waals surface area contributed by atoms with Gasteiger partial charge < -0.3 is 14.7 Å². The van der Waals surface area contributed by atoms with Crippen LogP contribution in [0.25, 0.3) is 0 Å². The number of carbonyl (C=O) groups is 1. The molecule has 26 heavy (non-hydrogen) atoms. The minimum absolute atomic E-state index is 0.155. The fourth-order valence-corrected chi connectivity index (χ4v) is 3.40. The Bertz CT molecular complexity index is 764. The Balaban J connectivity index is 1.81. The fourth-order valence-electron chi connectivity index (χ4n) is 3.40. The van der Waals surface area contributed by atoms with E-state index < -0.39 is 11.7 Å². The van der Waals surface area contributed by atoms with Crippen LogP contribution in [-0.2, 0) is 10.3 Å². The van der Waals surface area contributed by atoms with Gasteiger partial charge >= 0.3 is 6.09 Å². The first-order valence-corrected chi connectivity index (χ1v) is 8.57. The highest BCUT2D eigenvalue weighted by Crippen LogP contribution is 2.39. The molecule has 0 bridgehead atoms. The molecule has 1 heterocycles. The van der Waals surface area contributed by atoms with Crippen LogP contribution in [0.2, 0.25) is 0 Å². The average molecular weight is 361 g/mol. The number of hydrogen-bond acceptors (Lipinski definition) is 3. The van der Waals surface area contributed by atoms with Crippen LogP contribution in [0.15, 0.2) is 48.5 Å². The summed E-state index contributed by atoms with van der Waals surface area (Å²) in [7, 11) is 0. The number of rotatable bonds is 5. The summed E-state index contributed by atoms with van der Waals surface area (Å²) in [6.07, 6.45) is 0.199. The summed E-state index contributed by atoms with van der Waals surface area (Å²) < 4.78 is 32.1. The highest BCUT2D eigenvalue weighted by molar-refractivity contribution is 5.70. The lowest BCUT2D eigenvalue weighted by Crippen LogP contribution is -2.49. The molecule has 1 N–H and O–H groups in total. The van der Waals surface area contributed by atoms with Crippen molar-refractivity contribution in [1.82, 2.24) is 4.90 Å². The first-order chi connectivity index (χ1) is 12.4. The molecule has 3 rings (SSSR count). The number of aliphatic hydroxyl groups excluding tert-OH is 1. The molecular weight excluding hydrogens is 340 g/mol. The third-order valence-corrected chi connectivity index (χ3v) is 4.98. The summed E-state index contributed by atoms with van der Waals surface area (Å²) in [5.74, 6) is -0.706. The van der Waals surface area contributed by atoms with E-state index in [9.17, 15) is 18.7 Å². The second-order valence-electron chi connectivity index (χ2n) is 6.51. The normalized spacial score (nSPS) is 21.4. The number of amides is 1. The van der Waals surface area contributed by atoms with Crippen LogP contribution in [-0.4, -0.2) is 29.3 Å². The van der Waals surface area contributed by atoms with Crippen LogP contribution in [0, 0.1) is 11.6 Å². The van der Waals surface area contributed by atoms with E-state index in [0.717, 1.165) is 5.56 Å². The minimum Gasteiger partial charge on any atom is -0.438 e. The minimum atomic E-state index is -0.974. The molecule has 1 saturated heterocycles. The van der Waals surface area contributed by atoms with Gasteiger partial charge in [0.25, 0.3) is 0 Å². The molecule has 1 amide bonds. The van der Waals surface area contributed by atoms with Gasteiger partial charge in [-0.3, -0.25) is 0 Å². The molecule has 0 radical (unpaired) electrons. The third-order valence-electron chi connectivity index (χ3n) is 4.98. The number of aliphatic hydroxyl groups is 1. The first kappa shape index (κ1) is 18.3. The largest absolute Gasteiger partial charge is 0.438 e. The van der Waals surface area contributed by atoms with Crippen molar-refractivity contribution >= 4 is 6.09 Å². The van der Waals surface area contributed by atoms with Gasteiger partial charge in [-0.05, 0) is 42.3 Å². The van der Waals surface area contributed by atoms with Crippen LogP contribution in [0.1, 0.15) is 36.9 Å². The lowest BCUT2D eigenvalue weighted by Gasteiger charge is -2.43. The Morgan fingerprint density at radius 2 is 1.69 bits per heavy atom. The number of nitrogens with zero attached hydrogens (tertiary/aromatic N) is 1. The molecule has 4 nitrogen and oxygen atoms in total. The van der Waals surface area contributed by atoms with Crippen molar-refractivity contribution in [1.29, 1.82) is 0 Å². The predicted octanol–water partition coefficient (Wildman–Crippen LogP) is 4.15. The lowest BCUT2D eigenvalue weighted by molar-refractivity contribution is -0.0718. The van der Waals surface area contributed by atoms with Crippen LogP contribution in [0.5, 0.6) is 0 Å². The standard InChI is InChI=1S/C20H21F2NO3/c1-14(15-2-6-17(21)7-3-15)23-12-10-20(11-13-24,26-19(23)25)16-4-8-18(22)9-5-16/h2-9,14,24H,10-13H2,1H3/t14-,20?/m0/s1. The Kier molecular flexibility index (Phi) is 5.23. The van der Waals surface area contributed by atoms with Crippen LogP contribution < -0.4 is 0 Å². The van der Waals surface area contributed by atoms with Crippen molar-refractivity contribution < 1.29 is 23.4 Å². The van der Waals surface area contributed by atoms with Crippen molar-refractivity contribution in [3.8, 4) is 0 Å². The molecule has 2 atom stereocenters. The summed E-state index contributed by atoms with van der Waals surface area (Å²) in [6, 6.07) is 11.5. The number of halogens is 2. The number of carbonyl (C=O) groups excluding carboxylic acids is 1. The molecule has 138 valence electrons. The summed E-state index contributed by atoms with van der Waals surface area (Å²) >= 11 is 0. The quantitative estimate of drug-likeness (QED) is 0.871. The van der Waals surface area contributed by atoms with Gasteiger partial charge in [0.1, 0.15) is 17.2 Å². The van der Waals surface area contributed by atoms with Gasteiger partial charge in [-0.2, -0.15) is 0 Å². The second kappa shape index (κ2) is 7.41. The topological polar surface area (TPSA) is 49.8 Å². The Labute approximate surface area is 151 Å². The summed E-state index contributed by atoms with van der Waals surface area (Å²) in [6.45, 7) is 2.11. The van der Waals surface area contributed by atoms with E-state index >= 15 is 0 Å². The van der Waals surface area contributed by atoms with Crippen molar-refractivity contribution in [2.45, 2.75) is 31.4 Å². The second-order valence-corrected chi connectivity index (χ2v) is 6.51. The molecule has 1 aliphatic heterocycles. The van der Waals surface area contributed by atoms with E-state index in [4.69, 9.17) is 4.74 Å². The van der Waals surface area contributed by atoms with E-state index in [-0.39, 0.29) is 30.7 Å². The van der Waals surface area contributed by atoms with Crippen molar-refractivity contribution in [3.05, 3.63) is 71.3 Å². The van der Waals surface area contributed by atoms with E-state index in [1.165, 1.54) is 24.3 Å². The van der Waals surface area contributed by atoms with Crippen molar-refractivity contribution in [2.75, 3.05) is 13.2 Å². The van der Waals surface area contributed by atoms with Gasteiger partial charge in [0.05, 0.1) is 6.04 Å². The summed E-state index contributed by atoms with van der Waals surface area (Å²) in [4.78, 5) is 14.3. The predicted molar refractivity (Wildman–Crippen MR) is 92.4 cm³/mol. The van der Waals surface area contributed by atoms with E-state index in [2.05, 4.69) is 0 Å². The van der Waals surface area contributed by atoms with Gasteiger partial charge in [0, 0.05) is 26.0 Å². The van der Waals surface area contributed by atoms with Gasteiger partial charge in [-0.15, -0.1) is 0 Å². The number of hydrogen-bond donors (Lipinski definition) is 1. The molecule has 1 unspecified atom stereocenters. The Morgan fingerprint density at radius 1 is 1.12 bits per heavy atom. The molecule has 2 aromatic carbocycles. The number of ether oxygens (including phenoxy) is 1. The maximum atomic E-state index is 13.2. The lowest BCUT2D eigenvalue weighted by atomic mass is 9.85. The van der Waals surface area contributed by atoms with Crippen LogP contribution in [0.3, 0.4) is 0 Å². The molecule has 0 aliphatic carbocycles. The highest BCUT2D eigenvalue weighted by Gasteiger charge is 2.43. The molecule has 0 aromatic heterocycles. The zero-order chi connectivity index (χ0) is 18.7. The monoisotopic (exact) mass is 361 g/mol. The van der Waals surface area contributed by atoms with E-state index in [1.807, 2.05) is 6.92 Å². The molecule has 1 fully saturated rings. The Hall–Kier alpha value is -2.47. The smallest absolute Gasteiger partial charge is 0.411 e. The van der Waals surface area contributed by atoms with Gasteiger partial charge in [0.15, 0.2) is 0 Å². The number of cyclic esters (lactones) is 1. The third kappa shape index (κ3) is 3.55. The summed E-state index contributed by atoms with van der Waals surface area (Å²) in [5.41, 5.74) is 0.494. The molecule has 6 heteroatoms. The van der Waals surface area contributed by atoms with Crippen LogP contribution in [0.4, 0.5) is 13.6 Å². The maximum absolute atomic E-state index is 13.2. The van der Waals surface area contributed by atoms with Gasteiger partial charge in [-0.1, -0.05) is 24.3 Å². The van der Waals surface area contributed by atoms with Crippen LogP contribution >= 0.6 is 0 Å². The molecule has 1 aliphatic rings. The average Bonchev–Trinajstić information content (AvgIpc) is 2.63. The molecule has 0 spiro atoms. The van der Waals surface area contributed by atoms with E-state index in [1.54, 1.807) is 29.2 Å². The molecule has 2 aromatic rings. The zero-order valence-electron chi connectivity index (χ0n) is 14.5. The van der Waals surface area contributed by atoms with Crippen molar-refractivity contribution in [3.63, 3.8) is 0 Å². The molecular formula is C20H21F2NO3. The fraction of sp³-hybridized carbons (Fsp3) is 0.350. The molecule has 0 saturated carbocycles. The van der Waals surface area contributed by atoms with Crippen molar-refractivity contribution in [2.24, 2.45) is 0 Å². The zero-order valence-corrected chi connectivity index (χ0v) is 14.5. The highest BCUT2D eigenvalue weighted by atomic mass is 19.1. The van der Waals surface area contributed by atoms with E-state index in [0.29, 0.717) is 18.5 Å². The first-order valence-electron chi connectivity index (χ1n) is 8.57. The number of benzene rings is 2. The van der Waals surface area contributed by atoms with Gasteiger partial charge in [0.2, 0.25) is 0 Å². The maximum Gasteiger partial charge on any atom is 0.411 e. The van der Waals surface area contributed by atoms with Gasteiger partial charge in [-0.25, -0.2) is 13.6 Å². The summed E-state index contributed by atoms with van der Waals surface area (Å²) in [5, 5.41) is 9.45. The Morgan fingerprint density at radius 3 is 2.23 bits per heavy atom. The SMILES string of the molecule is C[C@@H](c1ccc(F)cc1)N1CCC(CCO)(c2ccc(F)cc2)OC1=O.